The van der Waals surface area contributed by atoms with Gasteiger partial charge in [-0.15, -0.1) is 0 Å². The Labute approximate surface area is 141 Å². The number of ether oxygens (including phenoxy) is 2. The van der Waals surface area contributed by atoms with E-state index in [-0.39, 0.29) is 36.8 Å². The molecular weight excluding hydrogens is 334 g/mol. The van der Waals surface area contributed by atoms with E-state index in [1.165, 1.54) is 0 Å². The summed E-state index contributed by atoms with van der Waals surface area (Å²) in [5.41, 5.74) is 0.785. The van der Waals surface area contributed by atoms with Crippen LogP contribution < -0.4 is 10.1 Å². The highest BCUT2D eigenvalue weighted by atomic mass is 32.2. The van der Waals surface area contributed by atoms with Crippen LogP contribution in [0.2, 0.25) is 0 Å². The normalized spacial score (nSPS) is 21.2. The summed E-state index contributed by atoms with van der Waals surface area (Å²) in [4.78, 5) is 11.9. The van der Waals surface area contributed by atoms with Crippen molar-refractivity contribution in [3.8, 4) is 5.75 Å². The maximum absolute atomic E-state index is 11.9. The number of rotatable bonds is 7. The van der Waals surface area contributed by atoms with E-state index >= 15 is 0 Å². The Hall–Kier alpha value is -1.64. The predicted molar refractivity (Wildman–Crippen MR) is 88.5 cm³/mol. The molecule has 2 N–H and O–H groups in total. The molecule has 1 amide bonds. The summed E-state index contributed by atoms with van der Waals surface area (Å²) in [5, 5.41) is 11.9. The molecule has 1 aliphatic heterocycles. The summed E-state index contributed by atoms with van der Waals surface area (Å²) >= 11 is 0. The van der Waals surface area contributed by atoms with Crippen molar-refractivity contribution in [2.45, 2.75) is 31.6 Å². The zero-order valence-electron chi connectivity index (χ0n) is 13.6. The number of nitrogens with one attached hydrogen (secondary N) is 1. The first kappa shape index (κ1) is 18.7. The van der Waals surface area contributed by atoms with Gasteiger partial charge in [0.2, 0.25) is 5.91 Å². The monoisotopic (exact) mass is 357 g/mol. The van der Waals surface area contributed by atoms with Crippen LogP contribution in [0.3, 0.4) is 0 Å². The summed E-state index contributed by atoms with van der Waals surface area (Å²) in [7, 11) is -3.17. The van der Waals surface area contributed by atoms with Crippen molar-refractivity contribution in [3.63, 3.8) is 0 Å². The maximum atomic E-state index is 11.9. The van der Waals surface area contributed by atoms with Crippen molar-refractivity contribution in [2.75, 3.05) is 25.2 Å². The lowest BCUT2D eigenvalue weighted by Gasteiger charge is -2.32. The van der Waals surface area contributed by atoms with Gasteiger partial charge in [-0.1, -0.05) is 12.1 Å². The molecule has 0 spiro atoms. The zero-order chi connectivity index (χ0) is 17.6. The van der Waals surface area contributed by atoms with E-state index in [0.717, 1.165) is 11.8 Å². The van der Waals surface area contributed by atoms with E-state index in [0.29, 0.717) is 25.4 Å². The number of carbonyl (C=O) groups is 1. The quantitative estimate of drug-likeness (QED) is 0.726. The Morgan fingerprint density at radius 3 is 2.71 bits per heavy atom. The number of hydrogen-bond acceptors (Lipinski definition) is 6. The molecule has 0 radical (unpaired) electrons. The van der Waals surface area contributed by atoms with Gasteiger partial charge in [0, 0.05) is 19.3 Å². The van der Waals surface area contributed by atoms with Crippen LogP contribution in [0.1, 0.15) is 18.4 Å². The first-order chi connectivity index (χ1) is 11.4. The van der Waals surface area contributed by atoms with Crippen molar-refractivity contribution >= 4 is 15.7 Å². The van der Waals surface area contributed by atoms with E-state index in [4.69, 9.17) is 14.6 Å². The van der Waals surface area contributed by atoms with Gasteiger partial charge in [-0.05, 0) is 24.1 Å². The first-order valence-electron chi connectivity index (χ1n) is 7.78. The van der Waals surface area contributed by atoms with Crippen molar-refractivity contribution in [1.82, 2.24) is 5.32 Å². The van der Waals surface area contributed by atoms with E-state index in [2.05, 4.69) is 5.32 Å². The SMILES string of the molecule is CS(=O)(=O)CCC(=O)N[C@@H]1CCOC[C@H]1Oc1ccc(CO)cc1. The molecule has 0 unspecified atom stereocenters. The Morgan fingerprint density at radius 2 is 2.08 bits per heavy atom. The minimum absolute atomic E-state index is 0.0359. The van der Waals surface area contributed by atoms with Gasteiger partial charge in [-0.25, -0.2) is 8.42 Å². The fourth-order valence-corrected chi connectivity index (χ4v) is 2.95. The second-order valence-corrected chi connectivity index (χ2v) is 8.14. The fourth-order valence-electron chi connectivity index (χ4n) is 2.40. The van der Waals surface area contributed by atoms with Gasteiger partial charge in [0.25, 0.3) is 0 Å². The molecule has 2 rings (SSSR count). The smallest absolute Gasteiger partial charge is 0.221 e. The van der Waals surface area contributed by atoms with Crippen LogP contribution >= 0.6 is 0 Å². The summed E-state index contributed by atoms with van der Waals surface area (Å²) in [6.45, 7) is 0.824. The highest BCUT2D eigenvalue weighted by Crippen LogP contribution is 2.18. The summed E-state index contributed by atoms with van der Waals surface area (Å²) < 4.78 is 33.6. The molecule has 0 saturated carbocycles. The van der Waals surface area contributed by atoms with E-state index in [1.54, 1.807) is 24.3 Å². The van der Waals surface area contributed by atoms with Crippen LogP contribution in [0.15, 0.2) is 24.3 Å². The standard InChI is InChI=1S/C16H23NO6S/c1-24(20,21)9-7-16(19)17-14-6-8-22-11-15(14)23-13-4-2-12(10-18)3-5-13/h2-5,14-15,18H,6-11H2,1H3,(H,17,19)/t14-,15-/m1/s1. The Morgan fingerprint density at radius 1 is 1.38 bits per heavy atom. The number of aliphatic hydroxyl groups is 1. The Kier molecular flexibility index (Phi) is 6.59. The van der Waals surface area contributed by atoms with E-state index in [9.17, 15) is 13.2 Å². The molecule has 134 valence electrons. The minimum Gasteiger partial charge on any atom is -0.486 e. The molecule has 2 atom stereocenters. The lowest BCUT2D eigenvalue weighted by atomic mass is 10.1. The van der Waals surface area contributed by atoms with Crippen LogP contribution in [-0.2, 0) is 26.0 Å². The van der Waals surface area contributed by atoms with Crippen LogP contribution in [0, 0.1) is 0 Å². The van der Waals surface area contributed by atoms with Crippen molar-refractivity contribution in [1.29, 1.82) is 0 Å². The average Bonchev–Trinajstić information content (AvgIpc) is 2.55. The molecule has 1 aromatic carbocycles. The molecule has 0 bridgehead atoms. The Bertz CT molecular complexity index is 643. The number of aliphatic hydroxyl groups excluding tert-OH is 1. The molecule has 24 heavy (non-hydrogen) atoms. The van der Waals surface area contributed by atoms with Gasteiger partial charge in [0.15, 0.2) is 0 Å². The highest BCUT2D eigenvalue weighted by molar-refractivity contribution is 7.90. The van der Waals surface area contributed by atoms with E-state index < -0.39 is 9.84 Å². The largest absolute Gasteiger partial charge is 0.486 e. The molecule has 1 saturated heterocycles. The number of hydrogen-bond donors (Lipinski definition) is 2. The molecule has 8 heteroatoms. The van der Waals surface area contributed by atoms with Crippen molar-refractivity contribution in [2.24, 2.45) is 0 Å². The fraction of sp³-hybridized carbons (Fsp3) is 0.562. The first-order valence-corrected chi connectivity index (χ1v) is 9.85. The van der Waals surface area contributed by atoms with Gasteiger partial charge >= 0.3 is 0 Å². The second-order valence-electron chi connectivity index (χ2n) is 5.88. The van der Waals surface area contributed by atoms with Crippen LogP contribution in [0.25, 0.3) is 0 Å². The zero-order valence-corrected chi connectivity index (χ0v) is 14.4. The Balaban J connectivity index is 1.92. The number of sulfone groups is 1. The maximum Gasteiger partial charge on any atom is 0.221 e. The minimum atomic E-state index is -3.17. The number of carbonyl (C=O) groups excluding carboxylic acids is 1. The van der Waals surface area contributed by atoms with Crippen LogP contribution in [0.4, 0.5) is 0 Å². The van der Waals surface area contributed by atoms with Gasteiger partial charge in [0.1, 0.15) is 21.7 Å². The third-order valence-electron chi connectivity index (χ3n) is 3.74. The topological polar surface area (TPSA) is 102 Å². The lowest BCUT2D eigenvalue weighted by Crippen LogP contribution is -2.51. The summed E-state index contributed by atoms with van der Waals surface area (Å²) in [6, 6.07) is 6.80. The summed E-state index contributed by atoms with van der Waals surface area (Å²) in [6.07, 6.45) is 1.30. The van der Waals surface area contributed by atoms with Crippen molar-refractivity contribution < 1.29 is 27.8 Å². The molecule has 0 aromatic heterocycles. The van der Waals surface area contributed by atoms with Gasteiger partial charge in [0.05, 0.1) is 25.0 Å². The number of amides is 1. The highest BCUT2D eigenvalue weighted by Gasteiger charge is 2.29. The average molecular weight is 357 g/mol. The second kappa shape index (κ2) is 8.46. The molecule has 1 aliphatic rings. The van der Waals surface area contributed by atoms with Crippen LogP contribution in [-0.4, -0.2) is 56.8 Å². The van der Waals surface area contributed by atoms with Crippen LogP contribution in [0.5, 0.6) is 5.75 Å². The molecule has 1 heterocycles. The lowest BCUT2D eigenvalue weighted by molar-refractivity contribution is -0.123. The van der Waals surface area contributed by atoms with Gasteiger partial charge in [-0.3, -0.25) is 4.79 Å². The summed E-state index contributed by atoms with van der Waals surface area (Å²) in [5.74, 6) is 0.144. The number of benzene rings is 1. The van der Waals surface area contributed by atoms with Gasteiger partial charge < -0.3 is 19.9 Å². The third kappa shape index (κ3) is 6.10. The molecule has 7 nitrogen and oxygen atoms in total. The molecule has 1 aromatic rings. The third-order valence-corrected chi connectivity index (χ3v) is 4.69. The van der Waals surface area contributed by atoms with Crippen molar-refractivity contribution in [3.05, 3.63) is 29.8 Å². The molecule has 1 fully saturated rings. The van der Waals surface area contributed by atoms with E-state index in [1.807, 2.05) is 0 Å². The molecular formula is C16H23NO6S. The molecule has 0 aliphatic carbocycles. The predicted octanol–water partition coefficient (Wildman–Crippen LogP) is 0.266. The van der Waals surface area contributed by atoms with Gasteiger partial charge in [-0.2, -0.15) is 0 Å².